The number of carbonyl (C=O) groups excluding carboxylic acids is 1. The van der Waals surface area contributed by atoms with Gasteiger partial charge in [0.25, 0.3) is 5.91 Å². The highest BCUT2D eigenvalue weighted by atomic mass is 32.2. The number of benzene rings is 2. The topological polar surface area (TPSA) is 54.5 Å². The van der Waals surface area contributed by atoms with Gasteiger partial charge in [-0.3, -0.25) is 4.79 Å². The third kappa shape index (κ3) is 4.32. The Morgan fingerprint density at radius 1 is 1.21 bits per heavy atom. The van der Waals surface area contributed by atoms with E-state index < -0.39 is 0 Å². The number of anilines is 2. The highest BCUT2D eigenvalue weighted by molar-refractivity contribution is 8.00. The van der Waals surface area contributed by atoms with E-state index in [0.29, 0.717) is 10.8 Å². The lowest BCUT2D eigenvalue weighted by atomic mass is 10.2. The maximum absolute atomic E-state index is 12.8. The minimum atomic E-state index is -0.0824. The highest BCUT2D eigenvalue weighted by Crippen LogP contribution is 2.32. The molecule has 0 aliphatic carbocycles. The number of nitrogens with zero attached hydrogens (tertiary/aromatic N) is 2. The second-order valence-corrected chi connectivity index (χ2v) is 9.52. The molecule has 0 unspecified atom stereocenters. The molecule has 4 rings (SSSR count). The van der Waals surface area contributed by atoms with E-state index in [1.54, 1.807) is 23.1 Å². The van der Waals surface area contributed by atoms with Crippen molar-refractivity contribution in [2.24, 2.45) is 0 Å². The molecule has 0 spiro atoms. The fraction of sp³-hybridized carbons (Fsp3) is 0.333. The molecule has 0 atom stereocenters. The average molecular weight is 414 g/mol. The Bertz CT molecular complexity index is 981. The van der Waals surface area contributed by atoms with Crippen LogP contribution in [0.15, 0.2) is 47.4 Å². The molecule has 0 bridgehead atoms. The molecule has 2 aromatic carbocycles. The zero-order valence-corrected chi connectivity index (χ0v) is 17.6. The molecular formula is C21H23N3O2S2. The van der Waals surface area contributed by atoms with Gasteiger partial charge in [0.2, 0.25) is 0 Å². The molecule has 28 heavy (non-hydrogen) atoms. The van der Waals surface area contributed by atoms with Crippen LogP contribution in [0.1, 0.15) is 24.2 Å². The first-order valence-electron chi connectivity index (χ1n) is 9.40. The van der Waals surface area contributed by atoms with Gasteiger partial charge in [-0.1, -0.05) is 37.3 Å². The Labute approximate surface area is 173 Å². The van der Waals surface area contributed by atoms with Gasteiger partial charge in [0, 0.05) is 28.9 Å². The Hall–Kier alpha value is -2.09. The number of fused-ring (bicyclic) bond motifs is 1. The lowest BCUT2D eigenvalue weighted by Crippen LogP contribution is -2.36. The minimum absolute atomic E-state index is 0.0824. The summed E-state index contributed by atoms with van der Waals surface area (Å²) in [6.45, 7) is 7.48. The fourth-order valence-corrected chi connectivity index (χ4v) is 5.10. The van der Waals surface area contributed by atoms with E-state index in [2.05, 4.69) is 24.1 Å². The van der Waals surface area contributed by atoms with Crippen LogP contribution >= 0.6 is 23.1 Å². The van der Waals surface area contributed by atoms with Crippen LogP contribution in [0.2, 0.25) is 0 Å². The van der Waals surface area contributed by atoms with Gasteiger partial charge in [0.05, 0.1) is 29.0 Å². The zero-order chi connectivity index (χ0) is 19.5. The first-order valence-corrected chi connectivity index (χ1v) is 11.1. The van der Waals surface area contributed by atoms with Gasteiger partial charge in [0.15, 0.2) is 5.13 Å². The quantitative estimate of drug-likeness (QED) is 0.604. The SMILES string of the molecule is CC(C)Sc1ccccc1C(=O)Nc1ccc2nc(N3CCOCC3)sc2c1. The van der Waals surface area contributed by atoms with Gasteiger partial charge >= 0.3 is 0 Å². The molecule has 1 aromatic heterocycles. The van der Waals surface area contributed by atoms with Crippen LogP contribution in [0, 0.1) is 0 Å². The molecule has 146 valence electrons. The number of carbonyl (C=O) groups is 1. The van der Waals surface area contributed by atoms with Crippen molar-refractivity contribution < 1.29 is 9.53 Å². The van der Waals surface area contributed by atoms with Crippen LogP contribution < -0.4 is 10.2 Å². The first kappa shape index (κ1) is 19.2. The van der Waals surface area contributed by atoms with E-state index in [1.807, 2.05) is 42.5 Å². The van der Waals surface area contributed by atoms with E-state index in [-0.39, 0.29) is 5.91 Å². The van der Waals surface area contributed by atoms with Gasteiger partial charge in [-0.2, -0.15) is 0 Å². The standard InChI is InChI=1S/C21H23N3O2S2/c1-14(2)27-18-6-4-3-5-16(18)20(25)22-15-7-8-17-19(13-15)28-21(23-17)24-9-11-26-12-10-24/h3-8,13-14H,9-12H2,1-2H3,(H,22,25). The summed E-state index contributed by atoms with van der Waals surface area (Å²) in [5, 5.41) is 4.48. The molecule has 1 aliphatic heterocycles. The molecule has 7 heteroatoms. The normalized spacial score (nSPS) is 14.6. The summed E-state index contributed by atoms with van der Waals surface area (Å²) >= 11 is 3.36. The van der Waals surface area contributed by atoms with Gasteiger partial charge in [0.1, 0.15) is 0 Å². The van der Waals surface area contributed by atoms with Crippen molar-refractivity contribution in [3.05, 3.63) is 48.0 Å². The number of thioether (sulfide) groups is 1. The van der Waals surface area contributed by atoms with Crippen molar-refractivity contribution >= 4 is 50.0 Å². The summed E-state index contributed by atoms with van der Waals surface area (Å²) in [5.74, 6) is -0.0824. The lowest BCUT2D eigenvalue weighted by molar-refractivity contribution is 0.102. The first-order chi connectivity index (χ1) is 13.6. The number of nitrogens with one attached hydrogen (secondary N) is 1. The average Bonchev–Trinajstić information content (AvgIpc) is 3.12. The number of morpholine rings is 1. The number of thiazole rings is 1. The maximum atomic E-state index is 12.8. The summed E-state index contributed by atoms with van der Waals surface area (Å²) in [6, 6.07) is 13.6. The van der Waals surface area contributed by atoms with Gasteiger partial charge in [-0.15, -0.1) is 11.8 Å². The van der Waals surface area contributed by atoms with Crippen LogP contribution in [0.5, 0.6) is 0 Å². The predicted octanol–water partition coefficient (Wildman–Crippen LogP) is 4.89. The van der Waals surface area contributed by atoms with Gasteiger partial charge in [-0.05, 0) is 30.3 Å². The maximum Gasteiger partial charge on any atom is 0.256 e. The Kier molecular flexibility index (Phi) is 5.85. The Morgan fingerprint density at radius 3 is 2.79 bits per heavy atom. The number of ether oxygens (including phenoxy) is 1. The molecule has 1 fully saturated rings. The van der Waals surface area contributed by atoms with E-state index in [1.165, 1.54) is 0 Å². The summed E-state index contributed by atoms with van der Waals surface area (Å²) in [7, 11) is 0. The zero-order valence-electron chi connectivity index (χ0n) is 16.0. The van der Waals surface area contributed by atoms with Crippen molar-refractivity contribution in [2.45, 2.75) is 24.0 Å². The number of hydrogen-bond donors (Lipinski definition) is 1. The van der Waals surface area contributed by atoms with E-state index >= 15 is 0 Å². The summed E-state index contributed by atoms with van der Waals surface area (Å²) in [5.41, 5.74) is 2.46. The largest absolute Gasteiger partial charge is 0.378 e. The second-order valence-electron chi connectivity index (χ2n) is 6.90. The number of rotatable bonds is 5. The third-order valence-electron chi connectivity index (χ3n) is 4.41. The van der Waals surface area contributed by atoms with Crippen molar-refractivity contribution in [1.29, 1.82) is 0 Å². The molecule has 0 saturated carbocycles. The van der Waals surface area contributed by atoms with Crippen molar-refractivity contribution in [1.82, 2.24) is 4.98 Å². The molecule has 5 nitrogen and oxygen atoms in total. The van der Waals surface area contributed by atoms with Crippen molar-refractivity contribution in [3.8, 4) is 0 Å². The molecule has 0 radical (unpaired) electrons. The molecular weight excluding hydrogens is 390 g/mol. The van der Waals surface area contributed by atoms with Crippen LogP contribution in [0.4, 0.5) is 10.8 Å². The fourth-order valence-electron chi connectivity index (χ4n) is 3.09. The van der Waals surface area contributed by atoms with E-state index in [0.717, 1.165) is 52.2 Å². The number of hydrogen-bond acceptors (Lipinski definition) is 6. The smallest absolute Gasteiger partial charge is 0.256 e. The van der Waals surface area contributed by atoms with Gasteiger partial charge < -0.3 is 15.0 Å². The number of amides is 1. The second kappa shape index (κ2) is 8.51. The highest BCUT2D eigenvalue weighted by Gasteiger charge is 2.17. The molecule has 1 aliphatic rings. The van der Waals surface area contributed by atoms with Gasteiger partial charge in [-0.25, -0.2) is 4.98 Å². The molecule has 3 aromatic rings. The summed E-state index contributed by atoms with van der Waals surface area (Å²) in [4.78, 5) is 20.8. The van der Waals surface area contributed by atoms with Crippen LogP contribution in [0.25, 0.3) is 10.2 Å². The van der Waals surface area contributed by atoms with E-state index in [9.17, 15) is 4.79 Å². The van der Waals surface area contributed by atoms with E-state index in [4.69, 9.17) is 9.72 Å². The Balaban J connectivity index is 1.54. The summed E-state index contributed by atoms with van der Waals surface area (Å²) < 4.78 is 6.49. The van der Waals surface area contributed by atoms with Crippen LogP contribution in [0.3, 0.4) is 0 Å². The number of aromatic nitrogens is 1. The predicted molar refractivity (Wildman–Crippen MR) is 118 cm³/mol. The molecule has 1 amide bonds. The van der Waals surface area contributed by atoms with Crippen LogP contribution in [-0.4, -0.2) is 42.4 Å². The monoisotopic (exact) mass is 413 g/mol. The van der Waals surface area contributed by atoms with Crippen LogP contribution in [-0.2, 0) is 4.74 Å². The summed E-state index contributed by atoms with van der Waals surface area (Å²) in [6.07, 6.45) is 0. The minimum Gasteiger partial charge on any atom is -0.378 e. The van der Waals surface area contributed by atoms with Crippen molar-refractivity contribution in [2.75, 3.05) is 36.5 Å². The lowest BCUT2D eigenvalue weighted by Gasteiger charge is -2.25. The third-order valence-corrected chi connectivity index (χ3v) is 6.57. The Morgan fingerprint density at radius 2 is 2.00 bits per heavy atom. The molecule has 1 N–H and O–H groups in total. The molecule has 2 heterocycles. The molecule has 1 saturated heterocycles. The van der Waals surface area contributed by atoms with Crippen molar-refractivity contribution in [3.63, 3.8) is 0 Å².